The zero-order valence-corrected chi connectivity index (χ0v) is 29.1. The van der Waals surface area contributed by atoms with Gasteiger partial charge in [0.1, 0.15) is 0 Å². The average molecular weight is 958 g/mol. The molecular formula is C24H14Br8O. The van der Waals surface area contributed by atoms with Crippen molar-refractivity contribution in [2.24, 2.45) is 0 Å². The van der Waals surface area contributed by atoms with Crippen molar-refractivity contribution in [3.05, 3.63) is 109 Å². The first kappa shape index (κ1) is 29.9. The molecule has 0 bridgehead atoms. The van der Waals surface area contributed by atoms with E-state index in [1.165, 1.54) is 11.1 Å². The predicted octanol–water partition coefficient (Wildman–Crippen LogP) is 12.0. The molecule has 0 saturated carbocycles. The second kappa shape index (κ2) is 13.8. The van der Waals surface area contributed by atoms with Crippen LogP contribution in [-0.4, -0.2) is 5.48 Å². The van der Waals surface area contributed by atoms with Gasteiger partial charge >= 0.3 is 0 Å². The van der Waals surface area contributed by atoms with Gasteiger partial charge in [-0.1, -0.05) is 60.7 Å². The summed E-state index contributed by atoms with van der Waals surface area (Å²) in [4.78, 5) is 0. The summed E-state index contributed by atoms with van der Waals surface area (Å²) in [5, 5.41) is 0. The fraction of sp³-hybridized carbons (Fsp3) is 0. The lowest BCUT2D eigenvalue weighted by atomic mass is 10.1. The highest BCUT2D eigenvalue weighted by Crippen LogP contribution is 2.43. The van der Waals surface area contributed by atoms with E-state index in [0.717, 1.165) is 46.9 Å². The second-order valence-corrected chi connectivity index (χ2v) is 12.9. The third-order valence-corrected chi connectivity index (χ3v) is 13.7. The van der Waals surface area contributed by atoms with Crippen molar-refractivity contribution in [1.82, 2.24) is 0 Å². The summed E-state index contributed by atoms with van der Waals surface area (Å²) < 4.78 is 8.21. The molecule has 0 aliphatic heterocycles. The molecule has 2 N–H and O–H groups in total. The Bertz CT molecular complexity index is 1150. The molecule has 172 valence electrons. The standard InChI is InChI=1S/2C12H6Br4.H2O/c2*13-9-6-8(7-4-2-1-3-5-7)10(14)12(16)11(9)15;/h2*1-6H;1H2. The van der Waals surface area contributed by atoms with Crippen LogP contribution in [0.2, 0.25) is 0 Å². The predicted molar refractivity (Wildman–Crippen MR) is 169 cm³/mol. The lowest BCUT2D eigenvalue weighted by molar-refractivity contribution is 0.824. The number of hydrogen-bond acceptors (Lipinski definition) is 0. The van der Waals surface area contributed by atoms with E-state index in [2.05, 4.69) is 164 Å². The van der Waals surface area contributed by atoms with Gasteiger partial charge in [0.2, 0.25) is 0 Å². The van der Waals surface area contributed by atoms with Gasteiger partial charge in [-0.3, -0.25) is 0 Å². The van der Waals surface area contributed by atoms with Crippen LogP contribution in [0.3, 0.4) is 0 Å². The zero-order valence-electron chi connectivity index (χ0n) is 16.5. The van der Waals surface area contributed by atoms with Crippen molar-refractivity contribution in [3.8, 4) is 22.3 Å². The Hall–Kier alpha value is 0.680. The monoisotopic (exact) mass is 949 g/mol. The minimum absolute atomic E-state index is 0. The first-order valence-corrected chi connectivity index (χ1v) is 15.3. The highest BCUT2D eigenvalue weighted by Gasteiger charge is 2.13. The normalized spacial score (nSPS) is 10.2. The SMILES string of the molecule is Brc1cc(-c2ccccc2)c(Br)c(Br)c1Br.Brc1cc(-c2ccccc2)c(Br)c(Br)c1Br.O. The van der Waals surface area contributed by atoms with Gasteiger partial charge in [0.05, 0.1) is 0 Å². The number of halogens is 8. The van der Waals surface area contributed by atoms with Gasteiger partial charge in [0.15, 0.2) is 0 Å². The van der Waals surface area contributed by atoms with Crippen LogP contribution in [0.15, 0.2) is 109 Å². The van der Waals surface area contributed by atoms with E-state index in [4.69, 9.17) is 0 Å². The number of hydrogen-bond donors (Lipinski definition) is 0. The lowest BCUT2D eigenvalue weighted by Gasteiger charge is -2.10. The van der Waals surface area contributed by atoms with Gasteiger partial charge in [-0.15, -0.1) is 0 Å². The van der Waals surface area contributed by atoms with Crippen molar-refractivity contribution >= 4 is 127 Å². The van der Waals surface area contributed by atoms with Crippen LogP contribution in [0, 0.1) is 0 Å². The molecule has 0 aromatic heterocycles. The van der Waals surface area contributed by atoms with Gasteiger partial charge in [0, 0.05) is 35.8 Å². The van der Waals surface area contributed by atoms with Crippen molar-refractivity contribution in [1.29, 1.82) is 0 Å². The van der Waals surface area contributed by atoms with E-state index < -0.39 is 0 Å². The maximum atomic E-state index is 3.60. The third kappa shape index (κ3) is 7.35. The summed E-state index contributed by atoms with van der Waals surface area (Å²) in [6, 6.07) is 24.7. The molecule has 0 atom stereocenters. The molecule has 0 aliphatic rings. The van der Waals surface area contributed by atoms with Crippen molar-refractivity contribution in [2.75, 3.05) is 0 Å². The van der Waals surface area contributed by atoms with Crippen molar-refractivity contribution in [2.45, 2.75) is 0 Å². The van der Waals surface area contributed by atoms with Gasteiger partial charge in [-0.05, 0) is 162 Å². The van der Waals surface area contributed by atoms with Crippen LogP contribution >= 0.6 is 127 Å². The molecule has 4 aromatic carbocycles. The van der Waals surface area contributed by atoms with Crippen LogP contribution in [0.1, 0.15) is 0 Å². The molecule has 0 fully saturated rings. The molecule has 0 aliphatic carbocycles. The molecule has 4 aromatic rings. The Kier molecular flexibility index (Phi) is 12.5. The van der Waals surface area contributed by atoms with Crippen LogP contribution in [0.5, 0.6) is 0 Å². The lowest BCUT2D eigenvalue weighted by Crippen LogP contribution is -1.84. The third-order valence-electron chi connectivity index (χ3n) is 4.37. The topological polar surface area (TPSA) is 31.5 Å². The molecule has 0 spiro atoms. The summed E-state index contributed by atoms with van der Waals surface area (Å²) in [5.41, 5.74) is 4.68. The maximum absolute atomic E-state index is 3.60. The van der Waals surface area contributed by atoms with E-state index in [9.17, 15) is 0 Å². The first-order chi connectivity index (χ1) is 15.2. The highest BCUT2D eigenvalue weighted by atomic mass is 79.9. The molecule has 0 radical (unpaired) electrons. The molecule has 0 saturated heterocycles. The molecular weight excluding hydrogens is 943 g/mol. The minimum Gasteiger partial charge on any atom is -0.412 e. The van der Waals surface area contributed by atoms with Crippen molar-refractivity contribution in [3.63, 3.8) is 0 Å². The molecule has 33 heavy (non-hydrogen) atoms. The van der Waals surface area contributed by atoms with Gasteiger partial charge < -0.3 is 5.48 Å². The molecule has 0 heterocycles. The van der Waals surface area contributed by atoms with E-state index >= 15 is 0 Å². The smallest absolute Gasteiger partial charge is 0.0477 e. The Balaban J connectivity index is 0.000000227. The zero-order chi connectivity index (χ0) is 23.4. The Labute approximate surface area is 260 Å². The molecule has 0 unspecified atom stereocenters. The molecule has 0 amide bonds. The second-order valence-electron chi connectivity index (χ2n) is 6.43. The largest absolute Gasteiger partial charge is 0.412 e. The summed E-state index contributed by atoms with van der Waals surface area (Å²) >= 11 is 28.4. The first-order valence-electron chi connectivity index (χ1n) is 8.99. The summed E-state index contributed by atoms with van der Waals surface area (Å²) in [6.07, 6.45) is 0. The fourth-order valence-electron chi connectivity index (χ4n) is 2.80. The summed E-state index contributed by atoms with van der Waals surface area (Å²) in [6.45, 7) is 0. The summed E-state index contributed by atoms with van der Waals surface area (Å²) in [5.74, 6) is 0. The van der Waals surface area contributed by atoms with E-state index in [1.807, 2.05) is 36.4 Å². The quantitative estimate of drug-likeness (QED) is 0.142. The average Bonchev–Trinajstić information content (AvgIpc) is 2.82. The van der Waals surface area contributed by atoms with Crippen molar-refractivity contribution < 1.29 is 5.48 Å². The van der Waals surface area contributed by atoms with Crippen LogP contribution in [-0.2, 0) is 0 Å². The van der Waals surface area contributed by atoms with Gasteiger partial charge in [-0.2, -0.15) is 0 Å². The number of rotatable bonds is 2. The Morgan fingerprint density at radius 1 is 0.364 bits per heavy atom. The van der Waals surface area contributed by atoms with Crippen LogP contribution < -0.4 is 0 Å². The van der Waals surface area contributed by atoms with Crippen LogP contribution in [0.25, 0.3) is 22.3 Å². The highest BCUT2D eigenvalue weighted by molar-refractivity contribution is 9.15. The van der Waals surface area contributed by atoms with Crippen LogP contribution in [0.4, 0.5) is 0 Å². The van der Waals surface area contributed by atoms with E-state index in [-0.39, 0.29) is 5.48 Å². The van der Waals surface area contributed by atoms with Gasteiger partial charge in [0.25, 0.3) is 0 Å². The Morgan fingerprint density at radius 3 is 0.970 bits per heavy atom. The number of benzene rings is 4. The maximum Gasteiger partial charge on any atom is 0.0477 e. The molecule has 1 nitrogen and oxygen atoms in total. The Morgan fingerprint density at radius 2 is 0.667 bits per heavy atom. The van der Waals surface area contributed by atoms with E-state index in [1.54, 1.807) is 0 Å². The fourth-order valence-corrected chi connectivity index (χ4v) is 7.28. The van der Waals surface area contributed by atoms with Gasteiger partial charge in [-0.25, -0.2) is 0 Å². The molecule has 4 rings (SSSR count). The minimum atomic E-state index is 0. The summed E-state index contributed by atoms with van der Waals surface area (Å²) in [7, 11) is 0. The molecule has 9 heteroatoms. The van der Waals surface area contributed by atoms with E-state index in [0.29, 0.717) is 0 Å².